The lowest BCUT2D eigenvalue weighted by Gasteiger charge is -2.19. The number of aromatic nitrogens is 2. The molecule has 2 aromatic carbocycles. The van der Waals surface area contributed by atoms with Crippen molar-refractivity contribution in [1.82, 2.24) is 15.3 Å². The first-order valence-electron chi connectivity index (χ1n) is 7.89. The summed E-state index contributed by atoms with van der Waals surface area (Å²) in [5, 5.41) is 2.77. The van der Waals surface area contributed by atoms with Crippen LogP contribution in [0.3, 0.4) is 0 Å². The fraction of sp³-hybridized carbons (Fsp3) is 0.176. The third kappa shape index (κ3) is 5.00. The Hall–Kier alpha value is -2.51. The van der Waals surface area contributed by atoms with Crippen molar-refractivity contribution in [3.05, 3.63) is 66.0 Å². The van der Waals surface area contributed by atoms with E-state index in [9.17, 15) is 9.36 Å². The summed E-state index contributed by atoms with van der Waals surface area (Å²) in [6, 6.07) is 13.7. The first-order chi connectivity index (χ1) is 12.4. The number of aromatic amines is 1. The number of carbonyl (C=O) groups excluding carboxylic acids is 1. The minimum Gasteiger partial charge on any atom is -0.347 e. The zero-order chi connectivity index (χ0) is 18.6. The van der Waals surface area contributed by atoms with Gasteiger partial charge >= 0.3 is 7.82 Å². The quantitative estimate of drug-likeness (QED) is 0.468. The molecule has 4 N–H and O–H groups in total. The third-order valence-electron chi connectivity index (χ3n) is 3.79. The molecular weight excluding hydrogens is 357 g/mol. The van der Waals surface area contributed by atoms with Crippen LogP contribution in [0, 0.1) is 0 Å². The monoisotopic (exact) mass is 375 g/mol. The number of benzene rings is 2. The van der Waals surface area contributed by atoms with Gasteiger partial charge in [-0.05, 0) is 30.2 Å². The summed E-state index contributed by atoms with van der Waals surface area (Å²) in [5.74, 6) is -0.370. The van der Waals surface area contributed by atoms with E-state index in [-0.39, 0.29) is 12.5 Å². The molecule has 0 aliphatic rings. The van der Waals surface area contributed by atoms with Gasteiger partial charge in [-0.15, -0.1) is 0 Å². The summed E-state index contributed by atoms with van der Waals surface area (Å²) in [5.41, 5.74) is 2.78. The largest absolute Gasteiger partial charge is 0.469 e. The predicted octanol–water partition coefficient (Wildman–Crippen LogP) is 2.01. The van der Waals surface area contributed by atoms with Crippen molar-refractivity contribution >= 4 is 24.8 Å². The number of nitrogens with zero attached hydrogens (tertiary/aromatic N) is 1. The first kappa shape index (κ1) is 18.3. The van der Waals surface area contributed by atoms with Gasteiger partial charge in [-0.3, -0.25) is 9.32 Å². The maximum atomic E-state index is 12.5. The smallest absolute Gasteiger partial charge is 0.347 e. The van der Waals surface area contributed by atoms with Gasteiger partial charge in [-0.2, -0.15) is 0 Å². The number of nitrogens with one attached hydrogen (secondary N) is 2. The number of hydrogen-bond donors (Lipinski definition) is 4. The maximum Gasteiger partial charge on any atom is 0.469 e. The molecular formula is C17H18N3O5P. The molecule has 0 radical (unpaired) electrons. The minimum atomic E-state index is -4.63. The van der Waals surface area contributed by atoms with E-state index in [1.807, 2.05) is 30.3 Å². The van der Waals surface area contributed by atoms with Gasteiger partial charge in [0.25, 0.3) is 5.91 Å². The Morgan fingerprint density at radius 1 is 1.23 bits per heavy atom. The summed E-state index contributed by atoms with van der Waals surface area (Å²) in [6.45, 7) is -0.310. The van der Waals surface area contributed by atoms with Crippen LogP contribution < -0.4 is 5.32 Å². The van der Waals surface area contributed by atoms with E-state index in [2.05, 4.69) is 19.8 Å². The Morgan fingerprint density at radius 2 is 2.00 bits per heavy atom. The van der Waals surface area contributed by atoms with Gasteiger partial charge in [-0.1, -0.05) is 30.3 Å². The molecule has 1 heterocycles. The number of imidazole rings is 1. The fourth-order valence-electron chi connectivity index (χ4n) is 2.58. The molecule has 0 unspecified atom stereocenters. The normalized spacial score (nSPS) is 12.8. The lowest BCUT2D eigenvalue weighted by atomic mass is 10.1. The number of fused-ring (bicyclic) bond motifs is 1. The number of H-pyrrole nitrogens is 1. The Morgan fingerprint density at radius 3 is 2.73 bits per heavy atom. The second-order valence-electron chi connectivity index (χ2n) is 5.78. The van der Waals surface area contributed by atoms with Gasteiger partial charge in [0.1, 0.15) is 0 Å². The Bertz CT molecular complexity index is 938. The second kappa shape index (κ2) is 7.80. The number of phosphoric ester groups is 1. The van der Waals surface area contributed by atoms with Crippen molar-refractivity contribution in [3.63, 3.8) is 0 Å². The Balaban J connectivity index is 1.74. The van der Waals surface area contributed by atoms with Crippen LogP contribution in [0.25, 0.3) is 11.0 Å². The molecule has 0 aliphatic carbocycles. The van der Waals surface area contributed by atoms with Crippen LogP contribution in [0.4, 0.5) is 0 Å². The number of amides is 1. The topological polar surface area (TPSA) is 125 Å². The first-order valence-corrected chi connectivity index (χ1v) is 9.42. The van der Waals surface area contributed by atoms with E-state index in [4.69, 9.17) is 9.79 Å². The van der Waals surface area contributed by atoms with E-state index in [1.54, 1.807) is 24.5 Å². The van der Waals surface area contributed by atoms with E-state index in [0.717, 1.165) is 11.1 Å². The van der Waals surface area contributed by atoms with Gasteiger partial charge in [0.15, 0.2) is 0 Å². The minimum absolute atomic E-state index is 0.310. The lowest BCUT2D eigenvalue weighted by Crippen LogP contribution is -2.39. The fourth-order valence-corrected chi connectivity index (χ4v) is 2.95. The predicted molar refractivity (Wildman–Crippen MR) is 95.5 cm³/mol. The van der Waals surface area contributed by atoms with E-state index >= 15 is 0 Å². The van der Waals surface area contributed by atoms with Crippen LogP contribution in [0.2, 0.25) is 0 Å². The highest BCUT2D eigenvalue weighted by molar-refractivity contribution is 7.46. The van der Waals surface area contributed by atoms with Gasteiger partial charge in [0.05, 0.1) is 30.0 Å². The number of phosphoric acid groups is 1. The molecule has 0 saturated carbocycles. The molecule has 1 aromatic heterocycles. The zero-order valence-corrected chi connectivity index (χ0v) is 14.6. The molecule has 26 heavy (non-hydrogen) atoms. The summed E-state index contributed by atoms with van der Waals surface area (Å²) < 4.78 is 15.6. The number of rotatable bonds is 7. The molecule has 1 atom stereocenters. The summed E-state index contributed by atoms with van der Waals surface area (Å²) in [7, 11) is -4.63. The third-order valence-corrected chi connectivity index (χ3v) is 4.27. The Kier molecular flexibility index (Phi) is 5.49. The van der Waals surface area contributed by atoms with Crippen molar-refractivity contribution in [2.45, 2.75) is 12.5 Å². The van der Waals surface area contributed by atoms with Crippen molar-refractivity contribution < 1.29 is 23.7 Å². The highest BCUT2D eigenvalue weighted by Gasteiger charge is 2.21. The maximum absolute atomic E-state index is 12.5. The summed E-state index contributed by atoms with van der Waals surface area (Å²) in [6.07, 6.45) is 1.91. The van der Waals surface area contributed by atoms with Gasteiger partial charge in [-0.25, -0.2) is 9.55 Å². The molecule has 1 amide bonds. The van der Waals surface area contributed by atoms with E-state index < -0.39 is 13.9 Å². The van der Waals surface area contributed by atoms with Gasteiger partial charge in [0.2, 0.25) is 0 Å². The van der Waals surface area contributed by atoms with Gasteiger partial charge in [0, 0.05) is 5.56 Å². The van der Waals surface area contributed by atoms with E-state index in [0.29, 0.717) is 17.5 Å². The second-order valence-corrected chi connectivity index (χ2v) is 7.02. The van der Waals surface area contributed by atoms with Crippen LogP contribution in [0.15, 0.2) is 54.9 Å². The SMILES string of the molecule is O=C(N[C@@H](COP(=O)(O)O)Cc1ccccc1)c1ccc2[nH]cnc2c1. The highest BCUT2D eigenvalue weighted by atomic mass is 31.2. The molecule has 0 fully saturated rings. The molecule has 0 spiro atoms. The highest BCUT2D eigenvalue weighted by Crippen LogP contribution is 2.35. The van der Waals surface area contributed by atoms with E-state index in [1.165, 1.54) is 0 Å². The van der Waals surface area contributed by atoms with Crippen LogP contribution in [0.1, 0.15) is 15.9 Å². The van der Waals surface area contributed by atoms with Crippen LogP contribution in [0.5, 0.6) is 0 Å². The standard InChI is InChI=1S/C17H18N3O5P/c21-17(13-6-7-15-16(9-13)19-11-18-15)20-14(10-25-26(22,23)24)8-12-4-2-1-3-5-12/h1-7,9,11,14H,8,10H2,(H,18,19)(H,20,21)(H2,22,23,24)/t14-/m1/s1. The Labute approximate surface area is 149 Å². The van der Waals surface area contributed by atoms with Crippen molar-refractivity contribution in [2.75, 3.05) is 6.61 Å². The average Bonchev–Trinajstić information content (AvgIpc) is 3.07. The molecule has 0 bridgehead atoms. The molecule has 8 nitrogen and oxygen atoms in total. The van der Waals surface area contributed by atoms with Crippen LogP contribution in [-0.4, -0.2) is 38.3 Å². The van der Waals surface area contributed by atoms with Crippen LogP contribution >= 0.6 is 7.82 Å². The van der Waals surface area contributed by atoms with Crippen LogP contribution in [-0.2, 0) is 15.5 Å². The molecule has 9 heteroatoms. The molecule has 0 saturated heterocycles. The molecule has 136 valence electrons. The van der Waals surface area contributed by atoms with Gasteiger partial charge < -0.3 is 20.1 Å². The molecule has 3 rings (SSSR count). The summed E-state index contributed by atoms with van der Waals surface area (Å²) >= 11 is 0. The number of hydrogen-bond acceptors (Lipinski definition) is 4. The number of carbonyl (C=O) groups is 1. The zero-order valence-electron chi connectivity index (χ0n) is 13.7. The van der Waals surface area contributed by atoms with Crippen molar-refractivity contribution in [1.29, 1.82) is 0 Å². The van der Waals surface area contributed by atoms with Crippen molar-refractivity contribution in [3.8, 4) is 0 Å². The lowest BCUT2D eigenvalue weighted by molar-refractivity contribution is 0.0909. The molecule has 0 aliphatic heterocycles. The average molecular weight is 375 g/mol. The molecule has 3 aromatic rings. The van der Waals surface area contributed by atoms with Crippen molar-refractivity contribution in [2.24, 2.45) is 0 Å². The summed E-state index contributed by atoms with van der Waals surface area (Å²) in [4.78, 5) is 37.5.